The number of aldehydes is 1. The van der Waals surface area contributed by atoms with Crippen molar-refractivity contribution in [3.8, 4) is 0 Å². The molecule has 0 saturated heterocycles. The van der Waals surface area contributed by atoms with E-state index in [2.05, 4.69) is 15.3 Å². The summed E-state index contributed by atoms with van der Waals surface area (Å²) in [5.41, 5.74) is -4.32. The van der Waals surface area contributed by atoms with Gasteiger partial charge in [0.2, 0.25) is 5.95 Å². The number of carbonyl (C=O) groups is 2. The van der Waals surface area contributed by atoms with Crippen LogP contribution in [-0.2, 0) is 6.18 Å². The molecule has 0 aliphatic heterocycles. The number of allylic oxidation sites excluding steroid dienone is 1. The summed E-state index contributed by atoms with van der Waals surface area (Å²) in [6.45, 7) is -0.642. The Morgan fingerprint density at radius 3 is 2.26 bits per heavy atom. The molecule has 1 N–H and O–H groups in total. The van der Waals surface area contributed by atoms with E-state index in [-0.39, 0.29) is 29.4 Å². The molecule has 0 radical (unpaired) electrons. The molecule has 200 valence electrons. The van der Waals surface area contributed by atoms with Gasteiger partial charge in [-0.15, -0.1) is 0 Å². The Balaban J connectivity index is 2.01. The van der Waals surface area contributed by atoms with Crippen molar-refractivity contribution in [2.45, 2.75) is 18.3 Å². The lowest BCUT2D eigenvalue weighted by Gasteiger charge is -2.19. The molecular weight excluding hydrogens is 566 g/mol. The van der Waals surface area contributed by atoms with Gasteiger partial charge >= 0.3 is 12.4 Å². The number of nitrogens with zero attached hydrogens (tertiary/aromatic N) is 2. The number of rotatable bonds is 8. The SMILES string of the molecule is O=Cc1cc(C(/C=C(\F)c2ccc(C(=O)CNc3ncccn3)c(C(F)(F)F)c2)C(F)(F)F)cc(Cl)c1Cl. The van der Waals surface area contributed by atoms with Crippen molar-refractivity contribution in [2.75, 3.05) is 11.9 Å². The van der Waals surface area contributed by atoms with Crippen LogP contribution in [0.5, 0.6) is 0 Å². The molecule has 1 unspecified atom stereocenters. The van der Waals surface area contributed by atoms with E-state index in [1.807, 2.05) is 0 Å². The van der Waals surface area contributed by atoms with Crippen LogP contribution in [0.15, 0.2) is 54.9 Å². The van der Waals surface area contributed by atoms with Crippen molar-refractivity contribution >= 4 is 47.0 Å². The zero-order valence-corrected chi connectivity index (χ0v) is 20.2. The maximum Gasteiger partial charge on any atom is 0.417 e. The van der Waals surface area contributed by atoms with E-state index < -0.39 is 69.3 Å². The quantitative estimate of drug-likeness (QED) is 0.169. The largest absolute Gasteiger partial charge is 0.417 e. The highest BCUT2D eigenvalue weighted by molar-refractivity contribution is 6.43. The van der Waals surface area contributed by atoms with Gasteiger partial charge < -0.3 is 5.32 Å². The van der Waals surface area contributed by atoms with Crippen molar-refractivity contribution < 1.29 is 40.3 Å². The summed E-state index contributed by atoms with van der Waals surface area (Å²) in [5, 5.41) is 1.71. The molecule has 2 aromatic carbocycles. The van der Waals surface area contributed by atoms with E-state index in [1.54, 1.807) is 0 Å². The van der Waals surface area contributed by atoms with E-state index in [9.17, 15) is 40.3 Å². The molecule has 0 saturated carbocycles. The Morgan fingerprint density at radius 2 is 1.68 bits per heavy atom. The Labute approximate surface area is 220 Å². The van der Waals surface area contributed by atoms with Crippen molar-refractivity contribution in [3.05, 3.63) is 92.7 Å². The first-order valence-electron chi connectivity index (χ1n) is 10.4. The van der Waals surface area contributed by atoms with Crippen LogP contribution in [0.3, 0.4) is 0 Å². The average molecular weight is 580 g/mol. The van der Waals surface area contributed by atoms with Crippen LogP contribution < -0.4 is 5.32 Å². The Bertz CT molecular complexity index is 1380. The van der Waals surface area contributed by atoms with Crippen LogP contribution in [0, 0.1) is 0 Å². The van der Waals surface area contributed by atoms with Crippen LogP contribution in [0.1, 0.15) is 43.3 Å². The van der Waals surface area contributed by atoms with Gasteiger partial charge in [0.05, 0.1) is 22.2 Å². The van der Waals surface area contributed by atoms with E-state index >= 15 is 0 Å². The predicted octanol–water partition coefficient (Wildman–Crippen LogP) is 7.57. The molecule has 1 atom stereocenters. The van der Waals surface area contributed by atoms with Crippen LogP contribution in [-0.4, -0.2) is 34.8 Å². The summed E-state index contributed by atoms with van der Waals surface area (Å²) < 4.78 is 97.5. The molecule has 3 rings (SSSR count). The molecule has 38 heavy (non-hydrogen) atoms. The second kappa shape index (κ2) is 11.5. The summed E-state index contributed by atoms with van der Waals surface area (Å²) in [6.07, 6.45) is -7.42. The first kappa shape index (κ1) is 29.1. The molecule has 0 amide bonds. The minimum atomic E-state index is -5.14. The number of halogens is 9. The van der Waals surface area contributed by atoms with Gasteiger partial charge in [0, 0.05) is 29.1 Å². The fraction of sp³-hybridized carbons (Fsp3) is 0.167. The standard InChI is InChI=1S/C24H14Cl2F7N3O2/c25-18-8-13(6-14(11-37)21(18)26)16(23(28,29)30)9-19(27)12-2-3-15(17(7-12)24(31,32)33)20(38)10-36-22-34-4-1-5-35-22/h1-9,11,16H,10H2,(H,34,35,36)/b19-9-. The maximum atomic E-state index is 15.0. The fourth-order valence-electron chi connectivity index (χ4n) is 3.34. The number of hydrogen-bond donors (Lipinski definition) is 1. The lowest BCUT2D eigenvalue weighted by Crippen LogP contribution is -2.20. The predicted molar refractivity (Wildman–Crippen MR) is 126 cm³/mol. The smallest absolute Gasteiger partial charge is 0.347 e. The molecule has 1 heterocycles. The number of alkyl halides is 6. The van der Waals surface area contributed by atoms with Crippen molar-refractivity contribution in [2.24, 2.45) is 0 Å². The second-order valence-electron chi connectivity index (χ2n) is 7.66. The van der Waals surface area contributed by atoms with Crippen molar-refractivity contribution in [1.29, 1.82) is 0 Å². The summed E-state index contributed by atoms with van der Waals surface area (Å²) in [4.78, 5) is 31.1. The topological polar surface area (TPSA) is 72.0 Å². The van der Waals surface area contributed by atoms with Gasteiger partial charge in [0.15, 0.2) is 12.1 Å². The molecule has 14 heteroatoms. The molecule has 3 aromatic rings. The number of carbonyl (C=O) groups excluding carboxylic acids is 2. The number of Topliss-reactive ketones (excluding diaryl/α,β-unsaturated/α-hetero) is 1. The number of ketones is 1. The monoisotopic (exact) mass is 579 g/mol. The third-order valence-corrected chi connectivity index (χ3v) is 5.92. The van der Waals surface area contributed by atoms with Gasteiger partial charge in [0.25, 0.3) is 0 Å². The van der Waals surface area contributed by atoms with Gasteiger partial charge in [-0.2, -0.15) is 26.3 Å². The first-order valence-corrected chi connectivity index (χ1v) is 11.1. The van der Waals surface area contributed by atoms with Crippen LogP contribution in [0.4, 0.5) is 36.7 Å². The highest BCUT2D eigenvalue weighted by Gasteiger charge is 2.41. The summed E-state index contributed by atoms with van der Waals surface area (Å²) in [7, 11) is 0. The lowest BCUT2D eigenvalue weighted by molar-refractivity contribution is -0.140. The van der Waals surface area contributed by atoms with Gasteiger partial charge in [0.1, 0.15) is 11.7 Å². The maximum absolute atomic E-state index is 15.0. The lowest BCUT2D eigenvalue weighted by atomic mass is 9.94. The van der Waals surface area contributed by atoms with Crippen LogP contribution >= 0.6 is 23.2 Å². The minimum Gasteiger partial charge on any atom is -0.347 e. The molecule has 0 fully saturated rings. The van der Waals surface area contributed by atoms with Gasteiger partial charge in [-0.05, 0) is 35.9 Å². The summed E-state index contributed by atoms with van der Waals surface area (Å²) in [6, 6.07) is 4.62. The third-order valence-electron chi connectivity index (χ3n) is 5.10. The highest BCUT2D eigenvalue weighted by atomic mass is 35.5. The summed E-state index contributed by atoms with van der Waals surface area (Å²) in [5.74, 6) is -5.43. The molecule has 0 bridgehead atoms. The highest BCUT2D eigenvalue weighted by Crippen LogP contribution is 2.41. The van der Waals surface area contributed by atoms with Crippen LogP contribution in [0.25, 0.3) is 5.83 Å². The molecule has 5 nitrogen and oxygen atoms in total. The second-order valence-corrected chi connectivity index (χ2v) is 8.45. The Kier molecular flexibility index (Phi) is 8.78. The fourth-order valence-corrected chi connectivity index (χ4v) is 3.72. The molecular formula is C24H14Cl2F7N3O2. The van der Waals surface area contributed by atoms with E-state index in [4.69, 9.17) is 23.2 Å². The van der Waals surface area contributed by atoms with Crippen molar-refractivity contribution in [1.82, 2.24) is 9.97 Å². The molecule has 0 aliphatic rings. The zero-order valence-electron chi connectivity index (χ0n) is 18.7. The van der Waals surface area contributed by atoms with Gasteiger partial charge in [-0.25, -0.2) is 14.4 Å². The number of aromatic nitrogens is 2. The van der Waals surface area contributed by atoms with E-state index in [0.717, 1.165) is 18.2 Å². The average Bonchev–Trinajstić information content (AvgIpc) is 2.86. The molecule has 0 aliphatic carbocycles. The minimum absolute atomic E-state index is 0.0294. The Morgan fingerprint density at radius 1 is 1.03 bits per heavy atom. The first-order chi connectivity index (χ1) is 17.7. The van der Waals surface area contributed by atoms with Crippen molar-refractivity contribution in [3.63, 3.8) is 0 Å². The molecule has 0 spiro atoms. The Hall–Kier alpha value is -3.51. The number of hydrogen-bond acceptors (Lipinski definition) is 5. The number of benzene rings is 2. The van der Waals surface area contributed by atoms with E-state index in [1.165, 1.54) is 18.5 Å². The molecule has 1 aromatic heterocycles. The normalized spacial score (nSPS) is 13.2. The summed E-state index contributed by atoms with van der Waals surface area (Å²) >= 11 is 11.5. The number of anilines is 1. The van der Waals surface area contributed by atoms with Gasteiger partial charge in [-0.3, -0.25) is 9.59 Å². The van der Waals surface area contributed by atoms with E-state index in [0.29, 0.717) is 6.07 Å². The van der Waals surface area contributed by atoms with Gasteiger partial charge in [-0.1, -0.05) is 35.3 Å². The third kappa shape index (κ3) is 6.87. The number of nitrogens with one attached hydrogen (secondary N) is 1. The van der Waals surface area contributed by atoms with Crippen LogP contribution in [0.2, 0.25) is 10.0 Å². The zero-order chi connectivity index (χ0) is 28.3.